The lowest BCUT2D eigenvalue weighted by molar-refractivity contribution is -0.137. The van der Waals surface area contributed by atoms with Gasteiger partial charge in [0.2, 0.25) is 11.8 Å². The highest BCUT2D eigenvalue weighted by atomic mass is 19.4. The van der Waals surface area contributed by atoms with E-state index in [1.807, 2.05) is 4.90 Å². The highest BCUT2D eigenvalue weighted by Gasteiger charge is 2.32. The van der Waals surface area contributed by atoms with E-state index in [0.717, 1.165) is 12.1 Å². The van der Waals surface area contributed by atoms with E-state index in [0.29, 0.717) is 49.1 Å². The molecule has 0 aromatic heterocycles. The fourth-order valence-corrected chi connectivity index (χ4v) is 3.53. The van der Waals surface area contributed by atoms with Crippen molar-refractivity contribution >= 4 is 34.6 Å². The maximum Gasteiger partial charge on any atom is 0.416 e. The van der Waals surface area contributed by atoms with Crippen LogP contribution in [0.4, 0.5) is 35.9 Å². The highest BCUT2D eigenvalue weighted by molar-refractivity contribution is 5.99. The first-order valence-corrected chi connectivity index (χ1v) is 10.7. The fourth-order valence-electron chi connectivity index (χ4n) is 3.53. The molecule has 8 nitrogen and oxygen atoms in total. The molecular weight excluding hydrogens is 453 g/mol. The van der Waals surface area contributed by atoms with E-state index in [9.17, 15) is 22.8 Å². The topological polar surface area (TPSA) is 91.9 Å². The number of alkyl halides is 3. The number of rotatable bonds is 7. The fraction of sp³-hybridized carbons (Fsp3) is 0.391. The first-order valence-electron chi connectivity index (χ1n) is 10.7. The highest BCUT2D eigenvalue weighted by Crippen LogP contribution is 2.36. The molecule has 2 aromatic rings. The monoisotopic (exact) mass is 480 g/mol. The minimum absolute atomic E-state index is 0.0642. The van der Waals surface area contributed by atoms with Crippen LogP contribution in [-0.2, 0) is 20.5 Å². The minimum atomic E-state index is -4.55. The van der Waals surface area contributed by atoms with Gasteiger partial charge < -0.3 is 30.3 Å². The number of anilines is 4. The molecule has 1 fully saturated rings. The van der Waals surface area contributed by atoms with E-state index in [1.165, 1.54) is 20.1 Å². The van der Waals surface area contributed by atoms with Gasteiger partial charge in [-0.1, -0.05) is 0 Å². The van der Waals surface area contributed by atoms with Crippen LogP contribution in [0.25, 0.3) is 0 Å². The van der Waals surface area contributed by atoms with Crippen molar-refractivity contribution in [2.75, 3.05) is 54.3 Å². The number of carbonyl (C=O) groups excluding carboxylic acids is 2. The molecule has 3 N–H and O–H groups in total. The lowest BCUT2D eigenvalue weighted by atomic mass is 10.1. The normalized spacial score (nSPS) is 14.8. The first kappa shape index (κ1) is 25.2. The third-order valence-electron chi connectivity index (χ3n) is 5.22. The second-order valence-corrected chi connectivity index (χ2v) is 7.78. The Morgan fingerprint density at radius 2 is 1.76 bits per heavy atom. The number of hydrogen-bond donors (Lipinski definition) is 3. The van der Waals surface area contributed by atoms with E-state index in [1.54, 1.807) is 25.1 Å². The molecule has 1 aliphatic heterocycles. The maximum atomic E-state index is 13.3. The number of benzene rings is 2. The Labute approximate surface area is 195 Å². The van der Waals surface area contributed by atoms with Gasteiger partial charge in [0, 0.05) is 25.7 Å². The third-order valence-corrected chi connectivity index (χ3v) is 5.22. The summed E-state index contributed by atoms with van der Waals surface area (Å²) in [6.07, 6.45) is -4.55. The number of methoxy groups -OCH3 is 1. The van der Waals surface area contributed by atoms with E-state index < -0.39 is 23.7 Å². The third kappa shape index (κ3) is 6.31. The number of nitrogens with one attached hydrogen (secondary N) is 3. The van der Waals surface area contributed by atoms with Crippen molar-refractivity contribution in [3.05, 3.63) is 42.0 Å². The van der Waals surface area contributed by atoms with Crippen LogP contribution in [0.1, 0.15) is 19.4 Å². The summed E-state index contributed by atoms with van der Waals surface area (Å²) in [5.74, 6) is -0.371. The van der Waals surface area contributed by atoms with Crippen molar-refractivity contribution in [3.8, 4) is 5.75 Å². The summed E-state index contributed by atoms with van der Waals surface area (Å²) >= 11 is 0. The maximum absolute atomic E-state index is 13.3. The van der Waals surface area contributed by atoms with Crippen molar-refractivity contribution < 1.29 is 32.2 Å². The number of halogens is 3. The van der Waals surface area contributed by atoms with Gasteiger partial charge in [-0.15, -0.1) is 0 Å². The quantitative estimate of drug-likeness (QED) is 0.556. The Morgan fingerprint density at radius 1 is 1.06 bits per heavy atom. The number of ether oxygens (including phenoxy) is 2. The number of carbonyl (C=O) groups is 2. The van der Waals surface area contributed by atoms with E-state index in [2.05, 4.69) is 16.0 Å². The van der Waals surface area contributed by atoms with Crippen molar-refractivity contribution in [1.82, 2.24) is 0 Å². The van der Waals surface area contributed by atoms with E-state index in [4.69, 9.17) is 9.47 Å². The molecule has 0 aliphatic carbocycles. The lowest BCUT2D eigenvalue weighted by Gasteiger charge is -2.31. The summed E-state index contributed by atoms with van der Waals surface area (Å²) in [7, 11) is 1.46. The summed E-state index contributed by atoms with van der Waals surface area (Å²) in [6, 6.07) is 7.34. The molecule has 34 heavy (non-hydrogen) atoms. The molecule has 184 valence electrons. The summed E-state index contributed by atoms with van der Waals surface area (Å²) in [5, 5.41) is 8.27. The summed E-state index contributed by atoms with van der Waals surface area (Å²) in [6.45, 7) is 4.81. The predicted molar refractivity (Wildman–Crippen MR) is 123 cm³/mol. The van der Waals surface area contributed by atoms with Gasteiger partial charge in [0.25, 0.3) is 0 Å². The first-order chi connectivity index (χ1) is 16.1. The Bertz CT molecular complexity index is 1040. The zero-order chi connectivity index (χ0) is 24.9. The second-order valence-electron chi connectivity index (χ2n) is 7.78. The van der Waals surface area contributed by atoms with Crippen molar-refractivity contribution in [1.29, 1.82) is 0 Å². The molecular formula is C23H27F3N4O4. The molecule has 1 atom stereocenters. The summed E-state index contributed by atoms with van der Waals surface area (Å²) < 4.78 is 50.6. The number of nitrogens with zero attached hydrogens (tertiary/aromatic N) is 1. The number of morpholine rings is 1. The SMILES string of the molecule is COc1ccc(NC(C)=O)cc1N[C@@H](C)C(=O)Nc1cc(C(F)(F)F)ccc1N1CCOCC1. The smallest absolute Gasteiger partial charge is 0.416 e. The number of amides is 2. The van der Waals surface area contributed by atoms with Gasteiger partial charge in [-0.3, -0.25) is 9.59 Å². The molecule has 0 unspecified atom stereocenters. The zero-order valence-electron chi connectivity index (χ0n) is 19.1. The van der Waals surface area contributed by atoms with E-state index >= 15 is 0 Å². The Morgan fingerprint density at radius 3 is 2.38 bits per heavy atom. The van der Waals surface area contributed by atoms with Crippen LogP contribution < -0.4 is 25.6 Å². The second kappa shape index (κ2) is 10.6. The Kier molecular flexibility index (Phi) is 7.87. The van der Waals surface area contributed by atoms with Crippen molar-refractivity contribution in [2.24, 2.45) is 0 Å². The van der Waals surface area contributed by atoms with Crippen LogP contribution in [0.3, 0.4) is 0 Å². The molecule has 1 heterocycles. The molecule has 1 aliphatic rings. The van der Waals surface area contributed by atoms with Crippen LogP contribution in [-0.4, -0.2) is 51.3 Å². The molecule has 11 heteroatoms. The Balaban J connectivity index is 1.83. The van der Waals surface area contributed by atoms with Gasteiger partial charge in [-0.2, -0.15) is 13.2 Å². The van der Waals surface area contributed by atoms with Gasteiger partial charge >= 0.3 is 6.18 Å². The van der Waals surface area contributed by atoms with Gasteiger partial charge in [0.15, 0.2) is 0 Å². The largest absolute Gasteiger partial charge is 0.495 e. The van der Waals surface area contributed by atoms with Gasteiger partial charge in [0.05, 0.1) is 42.9 Å². The average Bonchev–Trinajstić information content (AvgIpc) is 2.78. The van der Waals surface area contributed by atoms with E-state index in [-0.39, 0.29) is 11.6 Å². The molecule has 0 bridgehead atoms. The molecule has 0 spiro atoms. The van der Waals surface area contributed by atoms with Crippen molar-refractivity contribution in [2.45, 2.75) is 26.1 Å². The molecule has 0 saturated carbocycles. The van der Waals surface area contributed by atoms with Crippen LogP contribution in [0.2, 0.25) is 0 Å². The average molecular weight is 480 g/mol. The molecule has 1 saturated heterocycles. The summed E-state index contributed by atoms with van der Waals surface area (Å²) in [5.41, 5.74) is 0.631. The molecule has 0 radical (unpaired) electrons. The Hall–Kier alpha value is -3.47. The standard InChI is InChI=1S/C23H27F3N4O4/c1-14(27-19-13-17(28-15(2)31)5-7-21(19)33-3)22(32)29-18-12-16(23(24,25)26)4-6-20(18)30-8-10-34-11-9-30/h4-7,12-14,27H,8-11H2,1-3H3,(H,28,31)(H,29,32)/t14-/m0/s1. The van der Waals surface area contributed by atoms with Crippen molar-refractivity contribution in [3.63, 3.8) is 0 Å². The van der Waals surface area contributed by atoms with Gasteiger partial charge in [0.1, 0.15) is 11.8 Å². The number of hydrogen-bond acceptors (Lipinski definition) is 6. The summed E-state index contributed by atoms with van der Waals surface area (Å²) in [4.78, 5) is 26.2. The van der Waals surface area contributed by atoms with Gasteiger partial charge in [-0.05, 0) is 43.3 Å². The molecule has 2 amide bonds. The van der Waals surface area contributed by atoms with Crippen LogP contribution in [0, 0.1) is 0 Å². The van der Waals surface area contributed by atoms with Crippen LogP contribution >= 0.6 is 0 Å². The lowest BCUT2D eigenvalue weighted by Crippen LogP contribution is -2.37. The molecule has 3 rings (SSSR count). The minimum Gasteiger partial charge on any atom is -0.495 e. The van der Waals surface area contributed by atoms with Gasteiger partial charge in [-0.25, -0.2) is 0 Å². The predicted octanol–water partition coefficient (Wildman–Crippen LogP) is 3.95. The van der Waals surface area contributed by atoms with Crippen LogP contribution in [0.15, 0.2) is 36.4 Å². The zero-order valence-corrected chi connectivity index (χ0v) is 19.1. The van der Waals surface area contributed by atoms with Crippen LogP contribution in [0.5, 0.6) is 5.75 Å². The molecule has 2 aromatic carbocycles.